The molecule has 1 saturated carbocycles. The van der Waals surface area contributed by atoms with Crippen LogP contribution >= 0.6 is 11.8 Å². The molecule has 0 heterocycles. The number of fused-ring (bicyclic) bond motifs is 1. The molecule has 14 heavy (non-hydrogen) atoms. The van der Waals surface area contributed by atoms with E-state index in [0.29, 0.717) is 0 Å². The number of allylic oxidation sites excluding steroid dienone is 2. The fourth-order valence-electron chi connectivity index (χ4n) is 2.85. The van der Waals surface area contributed by atoms with Gasteiger partial charge in [-0.3, -0.25) is 0 Å². The van der Waals surface area contributed by atoms with Gasteiger partial charge in [0.15, 0.2) is 0 Å². The molecular weight excluding hydrogens is 188 g/mol. The van der Waals surface area contributed by atoms with Crippen LogP contribution in [0.5, 0.6) is 0 Å². The fourth-order valence-corrected chi connectivity index (χ4v) is 3.92. The molecule has 0 bridgehead atoms. The van der Waals surface area contributed by atoms with E-state index in [-0.39, 0.29) is 0 Å². The highest BCUT2D eigenvalue weighted by Gasteiger charge is 2.30. The van der Waals surface area contributed by atoms with E-state index in [1.165, 1.54) is 38.5 Å². The van der Waals surface area contributed by atoms with E-state index < -0.39 is 0 Å². The molecule has 0 aromatic rings. The Balaban J connectivity index is 2.03. The quantitative estimate of drug-likeness (QED) is 0.620. The van der Waals surface area contributed by atoms with Crippen LogP contribution in [0.4, 0.5) is 0 Å². The van der Waals surface area contributed by atoms with E-state index in [2.05, 4.69) is 12.7 Å². The Morgan fingerprint density at radius 2 is 2.21 bits per heavy atom. The number of rotatable bonds is 3. The Morgan fingerprint density at radius 3 is 3.07 bits per heavy atom. The summed E-state index contributed by atoms with van der Waals surface area (Å²) in [4.78, 5) is 1.69. The molecule has 2 aliphatic carbocycles. The molecule has 0 aromatic heterocycles. The summed E-state index contributed by atoms with van der Waals surface area (Å²) in [6, 6.07) is 0. The molecule has 0 radical (unpaired) electrons. The summed E-state index contributed by atoms with van der Waals surface area (Å²) in [7, 11) is 0. The van der Waals surface area contributed by atoms with Crippen molar-refractivity contribution in [3.8, 4) is 0 Å². The summed E-state index contributed by atoms with van der Waals surface area (Å²) >= 11 is 2.03. The summed E-state index contributed by atoms with van der Waals surface area (Å²) in [5, 5.41) is 0. The smallest absolute Gasteiger partial charge is 0.0155 e. The molecule has 1 heteroatoms. The Labute approximate surface area is 91.9 Å². The lowest BCUT2D eigenvalue weighted by Gasteiger charge is -2.19. The molecule has 0 N–H and O–H groups in total. The third kappa shape index (κ3) is 2.25. The van der Waals surface area contributed by atoms with Gasteiger partial charge in [0.2, 0.25) is 0 Å². The van der Waals surface area contributed by atoms with Gasteiger partial charge in [-0.15, -0.1) is 18.3 Å². The Morgan fingerprint density at radius 1 is 1.36 bits per heavy atom. The molecule has 78 valence electrons. The maximum atomic E-state index is 3.81. The van der Waals surface area contributed by atoms with Crippen molar-refractivity contribution < 1.29 is 0 Å². The molecule has 0 spiro atoms. The van der Waals surface area contributed by atoms with Crippen LogP contribution in [0.15, 0.2) is 23.6 Å². The average Bonchev–Trinajstić information content (AvgIpc) is 2.58. The molecule has 2 unspecified atom stereocenters. The van der Waals surface area contributed by atoms with Crippen molar-refractivity contribution in [3.05, 3.63) is 23.6 Å². The normalized spacial score (nSPS) is 31.9. The van der Waals surface area contributed by atoms with Crippen LogP contribution in [0.1, 0.15) is 38.5 Å². The SMILES string of the molecule is C=CCSC1=CCCCC2CCCC12. The maximum Gasteiger partial charge on any atom is 0.0155 e. The fraction of sp³-hybridized carbons (Fsp3) is 0.692. The van der Waals surface area contributed by atoms with Crippen molar-refractivity contribution in [2.75, 3.05) is 5.75 Å². The van der Waals surface area contributed by atoms with Gasteiger partial charge in [-0.1, -0.05) is 18.6 Å². The third-order valence-corrected chi connectivity index (χ3v) is 4.72. The lowest BCUT2D eigenvalue weighted by atomic mass is 9.93. The van der Waals surface area contributed by atoms with Crippen molar-refractivity contribution in [1.82, 2.24) is 0 Å². The monoisotopic (exact) mass is 208 g/mol. The third-order valence-electron chi connectivity index (χ3n) is 3.52. The predicted octanol–water partition coefficient (Wildman–Crippen LogP) is 4.39. The summed E-state index contributed by atoms with van der Waals surface area (Å²) in [5.41, 5.74) is 0. The van der Waals surface area contributed by atoms with Crippen LogP contribution < -0.4 is 0 Å². The van der Waals surface area contributed by atoms with Crippen molar-refractivity contribution >= 4 is 11.8 Å². The van der Waals surface area contributed by atoms with Crippen LogP contribution in [-0.4, -0.2) is 5.75 Å². The predicted molar refractivity (Wildman–Crippen MR) is 65.4 cm³/mol. The molecule has 0 nitrogen and oxygen atoms in total. The Kier molecular flexibility index (Phi) is 3.74. The van der Waals surface area contributed by atoms with Gasteiger partial charge in [0, 0.05) is 5.75 Å². The standard InChI is InChI=1S/C13H20S/c1-2-10-14-13-9-4-3-6-11-7-5-8-12(11)13/h2,9,11-12H,1,3-8,10H2. The van der Waals surface area contributed by atoms with Crippen molar-refractivity contribution in [3.63, 3.8) is 0 Å². The first-order valence-electron chi connectivity index (χ1n) is 5.85. The van der Waals surface area contributed by atoms with Crippen LogP contribution in [0.3, 0.4) is 0 Å². The van der Waals surface area contributed by atoms with E-state index in [4.69, 9.17) is 0 Å². The molecule has 0 aromatic carbocycles. The molecule has 2 atom stereocenters. The minimum Gasteiger partial charge on any atom is -0.126 e. The first-order valence-corrected chi connectivity index (χ1v) is 6.84. The first-order chi connectivity index (χ1) is 6.92. The van der Waals surface area contributed by atoms with Crippen LogP contribution in [0.2, 0.25) is 0 Å². The van der Waals surface area contributed by atoms with E-state index in [9.17, 15) is 0 Å². The lowest BCUT2D eigenvalue weighted by molar-refractivity contribution is 0.422. The molecule has 0 saturated heterocycles. The zero-order valence-electron chi connectivity index (χ0n) is 8.87. The molecule has 2 rings (SSSR count). The highest BCUT2D eigenvalue weighted by atomic mass is 32.2. The van der Waals surface area contributed by atoms with Crippen LogP contribution in [0, 0.1) is 11.8 Å². The largest absolute Gasteiger partial charge is 0.126 e. The molecule has 0 amide bonds. The van der Waals surface area contributed by atoms with Crippen molar-refractivity contribution in [2.24, 2.45) is 11.8 Å². The van der Waals surface area contributed by atoms with Gasteiger partial charge in [-0.25, -0.2) is 0 Å². The minimum atomic E-state index is 0.919. The Hall–Kier alpha value is -0.170. The zero-order valence-corrected chi connectivity index (χ0v) is 9.69. The second kappa shape index (κ2) is 5.06. The topological polar surface area (TPSA) is 0 Å². The number of hydrogen-bond donors (Lipinski definition) is 0. The van der Waals surface area contributed by atoms with Gasteiger partial charge in [0.25, 0.3) is 0 Å². The van der Waals surface area contributed by atoms with Gasteiger partial charge in [0.1, 0.15) is 0 Å². The van der Waals surface area contributed by atoms with E-state index in [1.807, 2.05) is 17.8 Å². The van der Waals surface area contributed by atoms with E-state index in [1.54, 1.807) is 4.91 Å². The molecule has 0 aliphatic heterocycles. The highest BCUT2D eigenvalue weighted by Crippen LogP contribution is 2.45. The Bertz CT molecular complexity index is 229. The van der Waals surface area contributed by atoms with E-state index in [0.717, 1.165) is 17.6 Å². The van der Waals surface area contributed by atoms with Gasteiger partial charge in [0.05, 0.1) is 0 Å². The molecule has 1 fully saturated rings. The maximum absolute atomic E-state index is 3.81. The van der Waals surface area contributed by atoms with Crippen LogP contribution in [0.25, 0.3) is 0 Å². The zero-order chi connectivity index (χ0) is 9.80. The van der Waals surface area contributed by atoms with Crippen molar-refractivity contribution in [1.29, 1.82) is 0 Å². The van der Waals surface area contributed by atoms with Crippen LogP contribution in [-0.2, 0) is 0 Å². The molecular formula is C13H20S. The van der Waals surface area contributed by atoms with Crippen molar-refractivity contribution in [2.45, 2.75) is 38.5 Å². The summed E-state index contributed by atoms with van der Waals surface area (Å²) in [6.45, 7) is 3.81. The summed E-state index contributed by atoms with van der Waals surface area (Å²) in [5.74, 6) is 3.03. The number of hydrogen-bond acceptors (Lipinski definition) is 1. The van der Waals surface area contributed by atoms with Gasteiger partial charge < -0.3 is 0 Å². The van der Waals surface area contributed by atoms with Gasteiger partial charge >= 0.3 is 0 Å². The first kappa shape index (κ1) is 10.4. The van der Waals surface area contributed by atoms with Gasteiger partial charge in [-0.05, 0) is 48.8 Å². The highest BCUT2D eigenvalue weighted by molar-refractivity contribution is 8.03. The summed E-state index contributed by atoms with van der Waals surface area (Å²) < 4.78 is 0. The minimum absolute atomic E-state index is 0.919. The van der Waals surface area contributed by atoms with Gasteiger partial charge in [-0.2, -0.15) is 0 Å². The second-order valence-electron chi connectivity index (χ2n) is 4.43. The summed E-state index contributed by atoms with van der Waals surface area (Å²) in [6.07, 6.45) is 13.1. The second-order valence-corrected chi connectivity index (χ2v) is 5.53. The average molecular weight is 208 g/mol. The van der Waals surface area contributed by atoms with E-state index >= 15 is 0 Å². The molecule has 2 aliphatic rings. The number of thioether (sulfide) groups is 1. The lowest BCUT2D eigenvalue weighted by Crippen LogP contribution is -2.07.